The summed E-state index contributed by atoms with van der Waals surface area (Å²) in [6.07, 6.45) is 5.32. The topological polar surface area (TPSA) is 24.9 Å². The molecule has 0 saturated heterocycles. The van der Waals surface area contributed by atoms with Crippen LogP contribution < -0.4 is 5.32 Å². The molecule has 0 amide bonds. The number of hydrogen-bond acceptors (Lipinski definition) is 2. The largest absolute Gasteiger partial charge is 0.310 e. The number of aromatic nitrogens is 1. The van der Waals surface area contributed by atoms with Crippen molar-refractivity contribution in [1.29, 1.82) is 0 Å². The fourth-order valence-corrected chi connectivity index (χ4v) is 2.39. The number of nitrogens with one attached hydrogen (secondary N) is 1. The highest BCUT2D eigenvalue weighted by molar-refractivity contribution is 5.25. The molecule has 1 aliphatic carbocycles. The van der Waals surface area contributed by atoms with Crippen molar-refractivity contribution in [1.82, 2.24) is 10.3 Å². The molecule has 2 heteroatoms. The molecular formula is C15H24N2. The van der Waals surface area contributed by atoms with Gasteiger partial charge in [0.2, 0.25) is 0 Å². The molecule has 1 aromatic rings. The first-order valence-corrected chi connectivity index (χ1v) is 6.88. The van der Waals surface area contributed by atoms with E-state index in [0.29, 0.717) is 6.04 Å². The molecule has 2 rings (SSSR count). The van der Waals surface area contributed by atoms with E-state index in [2.05, 4.69) is 43.2 Å². The van der Waals surface area contributed by atoms with Gasteiger partial charge in [0.1, 0.15) is 0 Å². The van der Waals surface area contributed by atoms with Crippen LogP contribution in [0.2, 0.25) is 0 Å². The molecule has 0 bridgehead atoms. The number of nitrogens with zero attached hydrogens (tertiary/aromatic N) is 1. The molecule has 0 aliphatic heterocycles. The summed E-state index contributed by atoms with van der Waals surface area (Å²) >= 11 is 0. The molecule has 1 fully saturated rings. The number of aryl methyl sites for hydroxylation is 2. The highest BCUT2D eigenvalue weighted by atomic mass is 14.9. The van der Waals surface area contributed by atoms with Crippen LogP contribution in [0.3, 0.4) is 0 Å². The van der Waals surface area contributed by atoms with E-state index in [-0.39, 0.29) is 0 Å². The molecule has 1 aliphatic rings. The van der Waals surface area contributed by atoms with E-state index in [1.54, 1.807) is 0 Å². The molecule has 1 unspecified atom stereocenters. The van der Waals surface area contributed by atoms with Crippen molar-refractivity contribution >= 4 is 0 Å². The van der Waals surface area contributed by atoms with E-state index in [9.17, 15) is 0 Å². The van der Waals surface area contributed by atoms with E-state index < -0.39 is 0 Å². The van der Waals surface area contributed by atoms with Gasteiger partial charge in [-0.15, -0.1) is 0 Å². The second-order valence-corrected chi connectivity index (χ2v) is 5.31. The van der Waals surface area contributed by atoms with Crippen LogP contribution in [0.5, 0.6) is 0 Å². The molecule has 1 saturated carbocycles. The van der Waals surface area contributed by atoms with Crippen LogP contribution in [0, 0.1) is 19.8 Å². The van der Waals surface area contributed by atoms with Crippen molar-refractivity contribution in [2.45, 2.75) is 52.5 Å². The van der Waals surface area contributed by atoms with E-state index >= 15 is 0 Å². The molecule has 94 valence electrons. The van der Waals surface area contributed by atoms with Gasteiger partial charge in [0.05, 0.1) is 0 Å². The van der Waals surface area contributed by atoms with Crippen LogP contribution in [0.1, 0.15) is 55.6 Å². The van der Waals surface area contributed by atoms with E-state index in [0.717, 1.165) is 18.2 Å². The summed E-state index contributed by atoms with van der Waals surface area (Å²) in [7, 11) is 0. The van der Waals surface area contributed by atoms with Gasteiger partial charge in [0.15, 0.2) is 0 Å². The van der Waals surface area contributed by atoms with Crippen molar-refractivity contribution in [3.05, 3.63) is 29.1 Å². The molecule has 1 atom stereocenters. The number of rotatable bonds is 6. The van der Waals surface area contributed by atoms with E-state index in [1.165, 1.54) is 36.9 Å². The van der Waals surface area contributed by atoms with E-state index in [1.807, 2.05) is 0 Å². The van der Waals surface area contributed by atoms with Crippen LogP contribution in [0.4, 0.5) is 0 Å². The Balaban J connectivity index is 2.11. The highest BCUT2D eigenvalue weighted by Crippen LogP contribution is 2.38. The molecule has 1 heterocycles. The van der Waals surface area contributed by atoms with Crippen molar-refractivity contribution in [2.24, 2.45) is 5.92 Å². The van der Waals surface area contributed by atoms with Crippen LogP contribution in [-0.4, -0.2) is 11.5 Å². The second kappa shape index (κ2) is 5.63. The average molecular weight is 232 g/mol. The first-order valence-electron chi connectivity index (χ1n) is 6.88. The van der Waals surface area contributed by atoms with Gasteiger partial charge in [0, 0.05) is 17.4 Å². The van der Waals surface area contributed by atoms with Gasteiger partial charge in [-0.05, 0) is 50.8 Å². The predicted octanol–water partition coefficient (Wildman–Crippen LogP) is 3.54. The fraction of sp³-hybridized carbons (Fsp3) is 0.667. The lowest BCUT2D eigenvalue weighted by atomic mass is 9.99. The second-order valence-electron chi connectivity index (χ2n) is 5.31. The summed E-state index contributed by atoms with van der Waals surface area (Å²) in [5.41, 5.74) is 3.71. The van der Waals surface area contributed by atoms with Crippen molar-refractivity contribution in [3.8, 4) is 0 Å². The normalized spacial score (nSPS) is 17.1. The lowest BCUT2D eigenvalue weighted by molar-refractivity contribution is 0.470. The van der Waals surface area contributed by atoms with Crippen molar-refractivity contribution in [3.63, 3.8) is 0 Å². The Kier molecular flexibility index (Phi) is 4.16. The van der Waals surface area contributed by atoms with Gasteiger partial charge >= 0.3 is 0 Å². The molecule has 0 aromatic carbocycles. The maximum absolute atomic E-state index is 4.59. The van der Waals surface area contributed by atoms with Gasteiger partial charge in [-0.25, -0.2) is 0 Å². The summed E-state index contributed by atoms with van der Waals surface area (Å²) < 4.78 is 0. The zero-order chi connectivity index (χ0) is 12.3. The highest BCUT2D eigenvalue weighted by Gasteiger charge is 2.26. The summed E-state index contributed by atoms with van der Waals surface area (Å²) in [5, 5.41) is 3.68. The molecule has 0 radical (unpaired) electrons. The molecule has 17 heavy (non-hydrogen) atoms. The van der Waals surface area contributed by atoms with Crippen LogP contribution >= 0.6 is 0 Å². The summed E-state index contributed by atoms with van der Waals surface area (Å²) in [5.74, 6) is 0.949. The Hall–Kier alpha value is -0.890. The Bertz CT molecular complexity index is 369. The predicted molar refractivity (Wildman–Crippen MR) is 72.1 cm³/mol. The molecule has 1 aromatic heterocycles. The minimum atomic E-state index is 0.510. The monoisotopic (exact) mass is 232 g/mol. The lowest BCUT2D eigenvalue weighted by Crippen LogP contribution is -2.23. The van der Waals surface area contributed by atoms with Gasteiger partial charge < -0.3 is 5.32 Å². The minimum Gasteiger partial charge on any atom is -0.310 e. The Labute approximate surface area is 105 Å². The van der Waals surface area contributed by atoms with Crippen molar-refractivity contribution < 1.29 is 0 Å². The first-order chi connectivity index (χ1) is 8.20. The SMILES string of the molecule is CCCNC(CC1CC1)c1ccc(C)nc1C. The summed E-state index contributed by atoms with van der Waals surface area (Å²) in [4.78, 5) is 4.59. The quantitative estimate of drug-likeness (QED) is 0.811. The molecule has 2 nitrogen and oxygen atoms in total. The smallest absolute Gasteiger partial charge is 0.0423 e. The van der Waals surface area contributed by atoms with Gasteiger partial charge in [-0.1, -0.05) is 25.8 Å². The first kappa shape index (κ1) is 12.6. The number of pyridine rings is 1. The van der Waals surface area contributed by atoms with Gasteiger partial charge in [0.25, 0.3) is 0 Å². The maximum Gasteiger partial charge on any atom is 0.0423 e. The Morgan fingerprint density at radius 3 is 2.71 bits per heavy atom. The molecule has 0 spiro atoms. The summed E-state index contributed by atoms with van der Waals surface area (Å²) in [6, 6.07) is 4.90. The van der Waals surface area contributed by atoms with Crippen LogP contribution in [-0.2, 0) is 0 Å². The molecule has 1 N–H and O–H groups in total. The molecular weight excluding hydrogens is 208 g/mol. The standard InChI is InChI=1S/C15H24N2/c1-4-9-16-15(10-13-6-7-13)14-8-5-11(2)17-12(14)3/h5,8,13,15-16H,4,6-7,9-10H2,1-3H3. The van der Waals surface area contributed by atoms with Crippen LogP contribution in [0.25, 0.3) is 0 Å². The van der Waals surface area contributed by atoms with Crippen molar-refractivity contribution in [2.75, 3.05) is 6.54 Å². The van der Waals surface area contributed by atoms with Gasteiger partial charge in [-0.2, -0.15) is 0 Å². The zero-order valence-corrected chi connectivity index (χ0v) is 11.3. The number of hydrogen-bond donors (Lipinski definition) is 1. The van der Waals surface area contributed by atoms with Gasteiger partial charge in [-0.3, -0.25) is 4.98 Å². The third-order valence-corrected chi connectivity index (χ3v) is 3.55. The Morgan fingerprint density at radius 2 is 2.12 bits per heavy atom. The third kappa shape index (κ3) is 3.53. The zero-order valence-electron chi connectivity index (χ0n) is 11.3. The summed E-state index contributed by atoms with van der Waals surface area (Å²) in [6.45, 7) is 7.52. The Morgan fingerprint density at radius 1 is 1.35 bits per heavy atom. The van der Waals surface area contributed by atoms with E-state index in [4.69, 9.17) is 0 Å². The average Bonchev–Trinajstić information content (AvgIpc) is 3.08. The lowest BCUT2D eigenvalue weighted by Gasteiger charge is -2.20. The fourth-order valence-electron chi connectivity index (χ4n) is 2.39. The van der Waals surface area contributed by atoms with Crippen LogP contribution in [0.15, 0.2) is 12.1 Å². The maximum atomic E-state index is 4.59. The minimum absolute atomic E-state index is 0.510. The third-order valence-electron chi connectivity index (χ3n) is 3.55.